The zero-order valence-corrected chi connectivity index (χ0v) is 12.1. The molecule has 1 unspecified atom stereocenters. The van der Waals surface area contributed by atoms with E-state index in [1.54, 1.807) is 12.1 Å². The van der Waals surface area contributed by atoms with Gasteiger partial charge in [0.1, 0.15) is 0 Å². The van der Waals surface area contributed by atoms with Gasteiger partial charge in [0, 0.05) is 17.0 Å². The van der Waals surface area contributed by atoms with Crippen molar-refractivity contribution in [2.45, 2.75) is 30.8 Å². The van der Waals surface area contributed by atoms with E-state index in [0.717, 1.165) is 4.90 Å². The molecule has 1 heterocycles. The molecule has 0 aliphatic carbocycles. The average Bonchev–Trinajstić information content (AvgIpc) is 2.46. The molecule has 1 aliphatic heterocycles. The third-order valence-electron chi connectivity index (χ3n) is 3.11. The molecule has 1 aliphatic rings. The molecule has 6 heteroatoms. The maximum atomic E-state index is 12.0. The molecular weight excluding hydrogens is 276 g/mol. The molecule has 108 valence electrons. The molecule has 2 amide bonds. The zero-order valence-electron chi connectivity index (χ0n) is 11.3. The Kier molecular flexibility index (Phi) is 5.03. The number of benzene rings is 1. The van der Waals surface area contributed by atoms with Crippen molar-refractivity contribution in [1.29, 1.82) is 0 Å². The molecule has 0 fully saturated rings. The number of carbonyl (C=O) groups is 2. The van der Waals surface area contributed by atoms with E-state index >= 15 is 0 Å². The Balaban J connectivity index is 1.97. The van der Waals surface area contributed by atoms with Crippen LogP contribution in [-0.4, -0.2) is 35.3 Å². The average molecular weight is 294 g/mol. The number of hydrogen-bond acceptors (Lipinski definition) is 4. The second-order valence-electron chi connectivity index (χ2n) is 4.65. The van der Waals surface area contributed by atoms with Crippen LogP contribution in [0, 0.1) is 0 Å². The highest BCUT2D eigenvalue weighted by molar-refractivity contribution is 8.00. The fourth-order valence-electron chi connectivity index (χ4n) is 1.88. The van der Waals surface area contributed by atoms with E-state index in [1.807, 2.05) is 13.0 Å². The van der Waals surface area contributed by atoms with Crippen LogP contribution in [0.4, 0.5) is 5.69 Å². The molecule has 3 N–H and O–H groups in total. The molecule has 1 atom stereocenters. The predicted molar refractivity (Wildman–Crippen MR) is 79.0 cm³/mol. The van der Waals surface area contributed by atoms with Gasteiger partial charge < -0.3 is 15.7 Å². The Hall–Kier alpha value is -1.53. The maximum absolute atomic E-state index is 12.0. The summed E-state index contributed by atoms with van der Waals surface area (Å²) in [6, 6.07) is 5.27. The number of aliphatic hydroxyl groups excluding tert-OH is 1. The minimum atomic E-state index is -0.380. The third kappa shape index (κ3) is 3.74. The van der Waals surface area contributed by atoms with E-state index in [1.165, 1.54) is 11.8 Å². The number of rotatable bonds is 5. The van der Waals surface area contributed by atoms with Crippen molar-refractivity contribution >= 4 is 29.3 Å². The number of nitrogens with one attached hydrogen (secondary N) is 2. The van der Waals surface area contributed by atoms with Crippen molar-refractivity contribution in [2.24, 2.45) is 0 Å². The van der Waals surface area contributed by atoms with Crippen LogP contribution in [0.2, 0.25) is 0 Å². The van der Waals surface area contributed by atoms with Crippen LogP contribution in [0.5, 0.6) is 0 Å². The molecule has 20 heavy (non-hydrogen) atoms. The first kappa shape index (κ1) is 14.9. The number of aliphatic hydroxyl groups is 1. The van der Waals surface area contributed by atoms with Crippen LogP contribution in [0.1, 0.15) is 30.1 Å². The van der Waals surface area contributed by atoms with Gasteiger partial charge >= 0.3 is 0 Å². The smallest absolute Gasteiger partial charge is 0.251 e. The van der Waals surface area contributed by atoms with Crippen LogP contribution >= 0.6 is 11.8 Å². The van der Waals surface area contributed by atoms with E-state index in [0.29, 0.717) is 36.4 Å². The van der Waals surface area contributed by atoms with Gasteiger partial charge in [-0.1, -0.05) is 6.92 Å². The number of amides is 2. The number of fused-ring (bicyclic) bond motifs is 1. The van der Waals surface area contributed by atoms with Gasteiger partial charge in [0.05, 0.1) is 17.5 Å². The Labute approximate surface area is 122 Å². The summed E-state index contributed by atoms with van der Waals surface area (Å²) in [6.07, 6.45) is 0.840. The highest BCUT2D eigenvalue weighted by Gasteiger charge is 2.17. The fourth-order valence-corrected chi connectivity index (χ4v) is 2.67. The lowest BCUT2D eigenvalue weighted by atomic mass is 10.1. The molecule has 1 aromatic rings. The summed E-state index contributed by atoms with van der Waals surface area (Å²) in [6.45, 7) is 2.34. The topological polar surface area (TPSA) is 78.4 Å². The van der Waals surface area contributed by atoms with Gasteiger partial charge in [-0.15, -0.1) is 11.8 Å². The first-order chi connectivity index (χ1) is 9.60. The molecule has 1 aromatic carbocycles. The van der Waals surface area contributed by atoms with Gasteiger partial charge in [0.2, 0.25) is 5.91 Å². The van der Waals surface area contributed by atoms with Gasteiger partial charge in [-0.25, -0.2) is 0 Å². The summed E-state index contributed by atoms with van der Waals surface area (Å²) in [7, 11) is 0. The molecule has 0 aromatic heterocycles. The molecule has 2 rings (SSSR count). The number of hydrogen-bond donors (Lipinski definition) is 3. The largest absolute Gasteiger partial charge is 0.393 e. The van der Waals surface area contributed by atoms with E-state index in [9.17, 15) is 14.7 Å². The zero-order chi connectivity index (χ0) is 14.5. The molecule has 0 radical (unpaired) electrons. The van der Waals surface area contributed by atoms with Crippen LogP contribution in [-0.2, 0) is 4.79 Å². The quantitative estimate of drug-likeness (QED) is 0.771. The van der Waals surface area contributed by atoms with E-state index in [4.69, 9.17) is 0 Å². The Bertz CT molecular complexity index is 519. The van der Waals surface area contributed by atoms with Gasteiger partial charge in [0.25, 0.3) is 5.91 Å². The molecule has 0 saturated heterocycles. The summed E-state index contributed by atoms with van der Waals surface area (Å²) in [5, 5.41) is 14.9. The van der Waals surface area contributed by atoms with Crippen LogP contribution in [0.15, 0.2) is 23.1 Å². The Morgan fingerprint density at radius 3 is 3.10 bits per heavy atom. The normalized spacial score (nSPS) is 15.2. The first-order valence-corrected chi connectivity index (χ1v) is 7.61. The molecule has 0 bridgehead atoms. The lowest BCUT2D eigenvalue weighted by Gasteiger charge is -2.17. The van der Waals surface area contributed by atoms with Gasteiger partial charge in [-0.2, -0.15) is 0 Å². The second-order valence-corrected chi connectivity index (χ2v) is 5.67. The third-order valence-corrected chi connectivity index (χ3v) is 4.18. The SMILES string of the molecule is CCC(O)CCNC(=O)c1ccc2c(c1)NC(=O)CS2. The van der Waals surface area contributed by atoms with Crippen molar-refractivity contribution in [3.8, 4) is 0 Å². The van der Waals surface area contributed by atoms with Crippen molar-refractivity contribution in [3.05, 3.63) is 23.8 Å². The standard InChI is InChI=1S/C14H18N2O3S/c1-2-10(17)5-6-15-14(19)9-3-4-12-11(7-9)16-13(18)8-20-12/h3-4,7,10,17H,2,5-6,8H2,1H3,(H,15,19)(H,16,18). The Morgan fingerprint density at radius 1 is 1.55 bits per heavy atom. The maximum Gasteiger partial charge on any atom is 0.251 e. The van der Waals surface area contributed by atoms with Crippen molar-refractivity contribution in [3.63, 3.8) is 0 Å². The predicted octanol–water partition coefficient (Wildman–Crippen LogP) is 1.62. The van der Waals surface area contributed by atoms with Gasteiger partial charge in [-0.3, -0.25) is 9.59 Å². The van der Waals surface area contributed by atoms with Crippen LogP contribution in [0.3, 0.4) is 0 Å². The summed E-state index contributed by atoms with van der Waals surface area (Å²) >= 11 is 1.47. The molecule has 5 nitrogen and oxygen atoms in total. The van der Waals surface area contributed by atoms with E-state index in [-0.39, 0.29) is 17.9 Å². The number of thioether (sulfide) groups is 1. The van der Waals surface area contributed by atoms with Crippen molar-refractivity contribution < 1.29 is 14.7 Å². The van der Waals surface area contributed by atoms with Crippen molar-refractivity contribution in [1.82, 2.24) is 5.32 Å². The fraction of sp³-hybridized carbons (Fsp3) is 0.429. The first-order valence-electron chi connectivity index (χ1n) is 6.63. The monoisotopic (exact) mass is 294 g/mol. The number of carbonyl (C=O) groups excluding carboxylic acids is 2. The Morgan fingerprint density at radius 2 is 2.35 bits per heavy atom. The minimum absolute atomic E-state index is 0.0499. The molecule has 0 spiro atoms. The van der Waals surface area contributed by atoms with Gasteiger partial charge in [-0.05, 0) is 31.0 Å². The van der Waals surface area contributed by atoms with E-state index < -0.39 is 0 Å². The summed E-state index contributed by atoms with van der Waals surface area (Å²) in [4.78, 5) is 24.3. The van der Waals surface area contributed by atoms with Crippen LogP contribution in [0.25, 0.3) is 0 Å². The minimum Gasteiger partial charge on any atom is -0.393 e. The van der Waals surface area contributed by atoms with Crippen LogP contribution < -0.4 is 10.6 Å². The van der Waals surface area contributed by atoms with Crippen molar-refractivity contribution in [2.75, 3.05) is 17.6 Å². The summed E-state index contributed by atoms with van der Waals surface area (Å²) in [5.41, 5.74) is 1.20. The molecule has 0 saturated carbocycles. The van der Waals surface area contributed by atoms with E-state index in [2.05, 4.69) is 10.6 Å². The molecular formula is C14H18N2O3S. The highest BCUT2D eigenvalue weighted by atomic mass is 32.2. The lowest BCUT2D eigenvalue weighted by molar-refractivity contribution is -0.113. The highest BCUT2D eigenvalue weighted by Crippen LogP contribution is 2.31. The number of anilines is 1. The lowest BCUT2D eigenvalue weighted by Crippen LogP contribution is -2.27. The summed E-state index contributed by atoms with van der Waals surface area (Å²) < 4.78 is 0. The second kappa shape index (κ2) is 6.76. The summed E-state index contributed by atoms with van der Waals surface area (Å²) in [5.74, 6) is 0.167. The van der Waals surface area contributed by atoms with Gasteiger partial charge in [0.15, 0.2) is 0 Å².